The molecule has 0 fully saturated rings. The number of unbranched alkanes of at least 4 members (excludes halogenated alkanes) is 1. The van der Waals surface area contributed by atoms with Gasteiger partial charge in [0.25, 0.3) is 12.1 Å². The van der Waals surface area contributed by atoms with Crippen LogP contribution in [0.3, 0.4) is 0 Å². The number of rotatable bonds is 7. The molecule has 0 aliphatic heterocycles. The molecule has 0 amide bonds. The predicted molar refractivity (Wildman–Crippen MR) is 70.5 cm³/mol. The van der Waals surface area contributed by atoms with Gasteiger partial charge in [-0.2, -0.15) is 13.2 Å². The van der Waals surface area contributed by atoms with Gasteiger partial charge in [0.05, 0.1) is 6.10 Å². The summed E-state index contributed by atoms with van der Waals surface area (Å²) in [4.78, 5) is 0. The molecule has 0 aliphatic carbocycles. The number of benzene rings is 1. The normalized spacial score (nSPS) is 16.4. The van der Waals surface area contributed by atoms with Crippen LogP contribution in [0, 0.1) is 5.82 Å². The fourth-order valence-corrected chi connectivity index (χ4v) is 2.07. The molecule has 1 N–H and O–H groups in total. The Bertz CT molecular complexity index is 515. The van der Waals surface area contributed by atoms with E-state index in [-0.39, 0.29) is 5.56 Å². The van der Waals surface area contributed by atoms with Gasteiger partial charge < -0.3 is 5.11 Å². The van der Waals surface area contributed by atoms with Crippen molar-refractivity contribution in [1.29, 1.82) is 0 Å². The van der Waals surface area contributed by atoms with Crippen molar-refractivity contribution in [3.63, 3.8) is 0 Å². The number of hydrogen-bond acceptors (Lipinski definition) is 1. The smallest absolute Gasteiger partial charge is 0.388 e. The van der Waals surface area contributed by atoms with Gasteiger partial charge in [-0.05, 0) is 30.0 Å². The first-order valence-corrected chi connectivity index (χ1v) is 7.03. The Morgan fingerprint density at radius 1 is 1.13 bits per heavy atom. The maximum atomic E-state index is 13.8. The SMILES string of the molecule is CCCCc1ccc(C(O)CC(F)(C(F)F)C(F)(F)F)cc1F. The van der Waals surface area contributed by atoms with E-state index in [1.807, 2.05) is 6.92 Å². The van der Waals surface area contributed by atoms with Gasteiger partial charge in [-0.25, -0.2) is 17.6 Å². The molecule has 132 valence electrons. The average Bonchev–Trinajstić information content (AvgIpc) is 2.44. The zero-order valence-electron chi connectivity index (χ0n) is 12.3. The van der Waals surface area contributed by atoms with Gasteiger partial charge in [0.2, 0.25) is 0 Å². The molecular weight excluding hydrogens is 329 g/mol. The molecule has 0 radical (unpaired) electrons. The summed E-state index contributed by atoms with van der Waals surface area (Å²) < 4.78 is 89.7. The molecule has 23 heavy (non-hydrogen) atoms. The van der Waals surface area contributed by atoms with E-state index in [1.54, 1.807) is 0 Å². The summed E-state index contributed by atoms with van der Waals surface area (Å²) in [5.41, 5.74) is -4.95. The molecule has 0 heterocycles. The van der Waals surface area contributed by atoms with Gasteiger partial charge in [0, 0.05) is 6.42 Å². The van der Waals surface area contributed by atoms with Crippen LogP contribution in [-0.4, -0.2) is 23.4 Å². The second-order valence-electron chi connectivity index (χ2n) is 5.34. The molecule has 1 nitrogen and oxygen atoms in total. The highest BCUT2D eigenvalue weighted by atomic mass is 19.4. The molecule has 2 unspecified atom stereocenters. The van der Waals surface area contributed by atoms with Crippen molar-refractivity contribution in [3.8, 4) is 0 Å². The average molecular weight is 346 g/mol. The lowest BCUT2D eigenvalue weighted by Crippen LogP contribution is -2.48. The van der Waals surface area contributed by atoms with Crippen LogP contribution in [0.1, 0.15) is 43.4 Å². The third-order valence-electron chi connectivity index (χ3n) is 3.57. The molecule has 0 aliphatic rings. The minimum absolute atomic E-state index is 0.291. The zero-order chi connectivity index (χ0) is 17.8. The van der Waals surface area contributed by atoms with Gasteiger partial charge in [0.15, 0.2) is 0 Å². The second kappa shape index (κ2) is 7.51. The van der Waals surface area contributed by atoms with Gasteiger partial charge in [-0.3, -0.25) is 0 Å². The van der Waals surface area contributed by atoms with Crippen molar-refractivity contribution >= 4 is 0 Å². The first-order chi connectivity index (χ1) is 10.5. The van der Waals surface area contributed by atoms with Crippen LogP contribution in [0.5, 0.6) is 0 Å². The van der Waals surface area contributed by atoms with Gasteiger partial charge in [0.1, 0.15) is 5.82 Å². The summed E-state index contributed by atoms with van der Waals surface area (Å²) in [6, 6.07) is 3.11. The number of aryl methyl sites for hydroxylation is 1. The largest absolute Gasteiger partial charge is 0.428 e. The van der Waals surface area contributed by atoms with E-state index in [0.717, 1.165) is 18.6 Å². The van der Waals surface area contributed by atoms with Crippen LogP contribution in [0.4, 0.5) is 30.7 Å². The molecule has 1 aromatic carbocycles. The van der Waals surface area contributed by atoms with E-state index in [0.29, 0.717) is 18.4 Å². The van der Waals surface area contributed by atoms with Crippen LogP contribution in [0.15, 0.2) is 18.2 Å². The van der Waals surface area contributed by atoms with Gasteiger partial charge >= 0.3 is 6.18 Å². The summed E-state index contributed by atoms with van der Waals surface area (Å²) in [5.74, 6) is -0.775. The minimum atomic E-state index is -5.85. The molecule has 0 bridgehead atoms. The molecule has 0 saturated heterocycles. The highest BCUT2D eigenvalue weighted by molar-refractivity contribution is 5.26. The number of aliphatic hydroxyl groups is 1. The standard InChI is InChI=1S/C15H17F7O/c1-2-3-4-9-5-6-10(7-11(9)16)12(23)8-14(19,13(17)18)15(20,21)22/h5-7,12-13,23H,2-4,8H2,1H3. The number of halogens is 7. The maximum Gasteiger partial charge on any atom is 0.428 e. The number of alkyl halides is 6. The third kappa shape index (κ3) is 4.59. The Labute approximate surface area is 129 Å². The maximum absolute atomic E-state index is 13.8. The highest BCUT2D eigenvalue weighted by Gasteiger charge is 2.63. The van der Waals surface area contributed by atoms with E-state index in [9.17, 15) is 35.8 Å². The molecule has 1 aromatic rings. The van der Waals surface area contributed by atoms with E-state index in [4.69, 9.17) is 0 Å². The monoisotopic (exact) mass is 346 g/mol. The Kier molecular flexibility index (Phi) is 6.44. The highest BCUT2D eigenvalue weighted by Crippen LogP contribution is 2.44. The van der Waals surface area contributed by atoms with Crippen molar-refractivity contribution in [2.24, 2.45) is 0 Å². The lowest BCUT2D eigenvalue weighted by atomic mass is 9.93. The summed E-state index contributed by atoms with van der Waals surface area (Å²) in [5, 5.41) is 9.62. The van der Waals surface area contributed by atoms with Crippen LogP contribution in [0.25, 0.3) is 0 Å². The molecular formula is C15H17F7O. The Morgan fingerprint density at radius 2 is 1.74 bits per heavy atom. The molecule has 8 heteroatoms. The van der Waals surface area contributed by atoms with Crippen molar-refractivity contribution in [3.05, 3.63) is 35.1 Å². The van der Waals surface area contributed by atoms with Crippen molar-refractivity contribution < 1.29 is 35.8 Å². The summed E-state index contributed by atoms with van der Waals surface area (Å²) >= 11 is 0. The third-order valence-corrected chi connectivity index (χ3v) is 3.57. The Balaban J connectivity index is 2.97. The van der Waals surface area contributed by atoms with Crippen LogP contribution < -0.4 is 0 Å². The van der Waals surface area contributed by atoms with Crippen molar-refractivity contribution in [2.45, 2.75) is 57.0 Å². The molecule has 0 aromatic heterocycles. The Hall–Kier alpha value is -1.31. The van der Waals surface area contributed by atoms with Crippen LogP contribution >= 0.6 is 0 Å². The fraction of sp³-hybridized carbons (Fsp3) is 0.600. The topological polar surface area (TPSA) is 20.2 Å². The molecule has 2 atom stereocenters. The van der Waals surface area contributed by atoms with Crippen molar-refractivity contribution in [1.82, 2.24) is 0 Å². The molecule has 0 spiro atoms. The van der Waals surface area contributed by atoms with E-state index < -0.39 is 36.6 Å². The lowest BCUT2D eigenvalue weighted by molar-refractivity contribution is -0.276. The Morgan fingerprint density at radius 3 is 2.17 bits per heavy atom. The molecule has 1 rings (SSSR count). The van der Waals surface area contributed by atoms with E-state index in [1.165, 1.54) is 6.07 Å². The first-order valence-electron chi connectivity index (χ1n) is 7.03. The first kappa shape index (κ1) is 19.7. The molecule has 0 saturated carbocycles. The fourth-order valence-electron chi connectivity index (χ4n) is 2.07. The summed E-state index contributed by atoms with van der Waals surface area (Å²) in [6.45, 7) is 1.89. The number of hydrogen-bond donors (Lipinski definition) is 1. The zero-order valence-corrected chi connectivity index (χ0v) is 12.3. The van der Waals surface area contributed by atoms with Crippen LogP contribution in [0.2, 0.25) is 0 Å². The summed E-state index contributed by atoms with van der Waals surface area (Å²) in [6.07, 6.45) is -12.4. The number of aliphatic hydroxyl groups excluding tert-OH is 1. The van der Waals surface area contributed by atoms with E-state index >= 15 is 0 Å². The second-order valence-corrected chi connectivity index (χ2v) is 5.34. The quantitative estimate of drug-likeness (QED) is 0.679. The predicted octanol–water partition coefficient (Wildman–Crippen LogP) is 5.13. The summed E-state index contributed by atoms with van der Waals surface area (Å²) in [7, 11) is 0. The van der Waals surface area contributed by atoms with Gasteiger partial charge in [-0.15, -0.1) is 0 Å². The van der Waals surface area contributed by atoms with Gasteiger partial charge in [-0.1, -0.05) is 25.5 Å². The van der Waals surface area contributed by atoms with E-state index in [2.05, 4.69) is 0 Å². The lowest BCUT2D eigenvalue weighted by Gasteiger charge is -2.29. The minimum Gasteiger partial charge on any atom is -0.388 e. The van der Waals surface area contributed by atoms with Crippen molar-refractivity contribution in [2.75, 3.05) is 0 Å². The van der Waals surface area contributed by atoms with Crippen LogP contribution in [-0.2, 0) is 6.42 Å².